The van der Waals surface area contributed by atoms with Crippen LogP contribution >= 0.6 is 27.7 Å². The molecule has 0 atom stereocenters. The van der Waals surface area contributed by atoms with Crippen LogP contribution in [0.5, 0.6) is 5.75 Å². The second-order valence-corrected chi connectivity index (χ2v) is 10.2. The molecule has 0 aromatic heterocycles. The van der Waals surface area contributed by atoms with Crippen molar-refractivity contribution in [2.75, 3.05) is 28.6 Å². The van der Waals surface area contributed by atoms with Crippen LogP contribution in [-0.2, 0) is 14.8 Å². The SMILES string of the molecule is CS(=O)(=O)N(CC(=O)N/N=C/c1cccc(OC2CSC2)c1)c1ccccc1Br. The third-order valence-corrected chi connectivity index (χ3v) is 6.99. The summed E-state index contributed by atoms with van der Waals surface area (Å²) >= 11 is 5.16. The molecule has 154 valence electrons. The highest BCUT2D eigenvalue weighted by atomic mass is 79.9. The minimum atomic E-state index is -3.65. The Bertz CT molecular complexity index is 1010. The van der Waals surface area contributed by atoms with Crippen LogP contribution in [0.4, 0.5) is 5.69 Å². The van der Waals surface area contributed by atoms with E-state index in [9.17, 15) is 13.2 Å². The second-order valence-electron chi connectivity index (χ2n) is 6.36. The monoisotopic (exact) mass is 497 g/mol. The van der Waals surface area contributed by atoms with E-state index in [1.165, 1.54) is 6.21 Å². The van der Waals surface area contributed by atoms with Crippen LogP contribution in [0.25, 0.3) is 0 Å². The van der Waals surface area contributed by atoms with E-state index >= 15 is 0 Å². The Hall–Kier alpha value is -2.04. The maximum absolute atomic E-state index is 12.3. The predicted molar refractivity (Wildman–Crippen MR) is 120 cm³/mol. The van der Waals surface area contributed by atoms with Gasteiger partial charge < -0.3 is 4.74 Å². The molecule has 2 aromatic carbocycles. The zero-order valence-corrected chi connectivity index (χ0v) is 18.8. The first-order valence-electron chi connectivity index (χ1n) is 8.71. The van der Waals surface area contributed by atoms with Gasteiger partial charge in [0.2, 0.25) is 10.0 Å². The first-order chi connectivity index (χ1) is 13.8. The molecule has 0 bridgehead atoms. The van der Waals surface area contributed by atoms with E-state index in [2.05, 4.69) is 26.5 Å². The van der Waals surface area contributed by atoms with Crippen LogP contribution in [0.2, 0.25) is 0 Å². The molecule has 1 N–H and O–H groups in total. The van der Waals surface area contributed by atoms with Gasteiger partial charge in [-0.25, -0.2) is 13.8 Å². The number of benzene rings is 2. The van der Waals surface area contributed by atoms with Crippen LogP contribution in [-0.4, -0.2) is 50.9 Å². The number of carbonyl (C=O) groups excluding carboxylic acids is 1. The number of hydrogen-bond acceptors (Lipinski definition) is 6. The average Bonchev–Trinajstić information content (AvgIpc) is 2.63. The molecule has 1 amide bonds. The molecule has 0 radical (unpaired) electrons. The Morgan fingerprint density at radius 3 is 2.72 bits per heavy atom. The van der Waals surface area contributed by atoms with E-state index in [-0.39, 0.29) is 12.6 Å². The van der Waals surface area contributed by atoms with Crippen molar-refractivity contribution in [3.8, 4) is 5.75 Å². The first kappa shape index (κ1) is 21.7. The van der Waals surface area contributed by atoms with Gasteiger partial charge in [0, 0.05) is 16.0 Å². The molecule has 1 saturated heterocycles. The lowest BCUT2D eigenvalue weighted by Crippen LogP contribution is -2.39. The molecule has 0 unspecified atom stereocenters. The molecule has 1 fully saturated rings. The van der Waals surface area contributed by atoms with E-state index in [0.29, 0.717) is 10.2 Å². The summed E-state index contributed by atoms with van der Waals surface area (Å²) in [5, 5.41) is 3.93. The van der Waals surface area contributed by atoms with Crippen molar-refractivity contribution < 1.29 is 17.9 Å². The van der Waals surface area contributed by atoms with Gasteiger partial charge in [0.05, 0.1) is 18.2 Å². The Morgan fingerprint density at radius 1 is 1.31 bits per heavy atom. The normalized spacial score (nSPS) is 14.4. The van der Waals surface area contributed by atoms with Gasteiger partial charge in [0.15, 0.2) is 0 Å². The zero-order valence-electron chi connectivity index (χ0n) is 15.6. The van der Waals surface area contributed by atoms with Gasteiger partial charge in [-0.15, -0.1) is 0 Å². The predicted octanol–water partition coefficient (Wildman–Crippen LogP) is 2.86. The van der Waals surface area contributed by atoms with Crippen molar-refractivity contribution in [3.05, 3.63) is 58.6 Å². The summed E-state index contributed by atoms with van der Waals surface area (Å²) in [5.41, 5.74) is 3.52. The number of ether oxygens (including phenoxy) is 1. The number of carbonyl (C=O) groups is 1. The van der Waals surface area contributed by atoms with Crippen LogP contribution < -0.4 is 14.5 Å². The van der Waals surface area contributed by atoms with Crippen molar-refractivity contribution in [1.29, 1.82) is 0 Å². The molecule has 0 saturated carbocycles. The highest BCUT2D eigenvalue weighted by Crippen LogP contribution is 2.27. The molecule has 0 spiro atoms. The molecule has 1 aliphatic rings. The molecule has 1 aliphatic heterocycles. The first-order valence-corrected chi connectivity index (χ1v) is 12.5. The third-order valence-electron chi connectivity index (χ3n) is 3.98. The van der Waals surface area contributed by atoms with Gasteiger partial charge in [-0.1, -0.05) is 24.3 Å². The Morgan fingerprint density at radius 2 is 2.07 bits per heavy atom. The highest BCUT2D eigenvalue weighted by molar-refractivity contribution is 9.10. The number of anilines is 1. The number of sulfonamides is 1. The maximum atomic E-state index is 12.3. The Balaban J connectivity index is 1.62. The number of thioether (sulfide) groups is 1. The fourth-order valence-corrected chi connectivity index (χ4v) is 4.57. The molecule has 29 heavy (non-hydrogen) atoms. The van der Waals surface area contributed by atoms with Crippen LogP contribution in [0.3, 0.4) is 0 Å². The number of rotatable bonds is 8. The molecule has 7 nitrogen and oxygen atoms in total. The van der Waals surface area contributed by atoms with Gasteiger partial charge in [-0.05, 0) is 45.8 Å². The van der Waals surface area contributed by atoms with E-state index in [1.54, 1.807) is 24.3 Å². The molecule has 0 aliphatic carbocycles. The topological polar surface area (TPSA) is 88.1 Å². The van der Waals surface area contributed by atoms with Gasteiger partial charge in [0.25, 0.3) is 5.91 Å². The van der Waals surface area contributed by atoms with Gasteiger partial charge in [0.1, 0.15) is 18.4 Å². The van der Waals surface area contributed by atoms with Crippen molar-refractivity contribution >= 4 is 55.5 Å². The Kier molecular flexibility index (Phi) is 7.20. The van der Waals surface area contributed by atoms with Crippen LogP contribution in [0, 0.1) is 0 Å². The van der Waals surface area contributed by atoms with Gasteiger partial charge in [-0.3, -0.25) is 9.10 Å². The number of amides is 1. The summed E-state index contributed by atoms with van der Waals surface area (Å²) in [4.78, 5) is 12.3. The molecule has 2 aromatic rings. The van der Waals surface area contributed by atoms with Crippen LogP contribution in [0.15, 0.2) is 58.1 Å². The summed E-state index contributed by atoms with van der Waals surface area (Å²) in [7, 11) is -3.65. The fraction of sp³-hybridized carbons (Fsp3) is 0.263. The minimum Gasteiger partial charge on any atom is -0.489 e. The summed E-state index contributed by atoms with van der Waals surface area (Å²) in [6, 6.07) is 14.2. The molecule has 1 heterocycles. The van der Waals surface area contributed by atoms with Crippen LogP contribution in [0.1, 0.15) is 5.56 Å². The largest absolute Gasteiger partial charge is 0.489 e. The van der Waals surface area contributed by atoms with E-state index in [1.807, 2.05) is 36.0 Å². The zero-order chi connectivity index (χ0) is 20.9. The maximum Gasteiger partial charge on any atom is 0.260 e. The lowest BCUT2D eigenvalue weighted by atomic mass is 10.2. The number of hydrogen-bond donors (Lipinski definition) is 1. The number of nitrogens with one attached hydrogen (secondary N) is 1. The molecular weight excluding hydrogens is 478 g/mol. The lowest BCUT2D eigenvalue weighted by Gasteiger charge is -2.25. The highest BCUT2D eigenvalue weighted by Gasteiger charge is 2.22. The fourth-order valence-electron chi connectivity index (χ4n) is 2.52. The smallest absolute Gasteiger partial charge is 0.260 e. The Labute approximate surface area is 182 Å². The lowest BCUT2D eigenvalue weighted by molar-refractivity contribution is -0.119. The number of para-hydroxylation sites is 1. The molecule has 10 heteroatoms. The van der Waals surface area contributed by atoms with Crippen molar-refractivity contribution in [1.82, 2.24) is 5.43 Å². The van der Waals surface area contributed by atoms with Crippen molar-refractivity contribution in [2.24, 2.45) is 5.10 Å². The molecule has 3 rings (SSSR count). The summed E-state index contributed by atoms with van der Waals surface area (Å²) in [6.07, 6.45) is 2.78. The third kappa shape index (κ3) is 6.22. The summed E-state index contributed by atoms with van der Waals surface area (Å²) in [6.45, 7) is -0.388. The molecular formula is C19H20BrN3O4S2. The average molecular weight is 498 g/mol. The van der Waals surface area contributed by atoms with Gasteiger partial charge in [-0.2, -0.15) is 16.9 Å². The van der Waals surface area contributed by atoms with E-state index in [4.69, 9.17) is 4.74 Å². The number of halogens is 1. The standard InChI is InChI=1S/C19H20BrN3O4S2/c1-29(25,26)23(18-8-3-2-7-17(18)20)11-19(24)22-21-10-14-5-4-6-15(9-14)27-16-12-28-13-16/h2-10,16H,11-13H2,1H3,(H,22,24)/b21-10+. The van der Waals surface area contributed by atoms with E-state index in [0.717, 1.165) is 33.4 Å². The summed E-state index contributed by atoms with van der Waals surface area (Å²) < 4.78 is 31.7. The van der Waals surface area contributed by atoms with Gasteiger partial charge >= 0.3 is 0 Å². The number of nitrogens with zero attached hydrogens (tertiary/aromatic N) is 2. The van der Waals surface area contributed by atoms with Crippen molar-refractivity contribution in [2.45, 2.75) is 6.10 Å². The second kappa shape index (κ2) is 9.64. The quantitative estimate of drug-likeness (QED) is 0.447. The minimum absolute atomic E-state index is 0.242. The number of hydrazone groups is 1. The summed E-state index contributed by atoms with van der Waals surface area (Å²) in [5.74, 6) is 2.18. The van der Waals surface area contributed by atoms with E-state index < -0.39 is 15.9 Å². The van der Waals surface area contributed by atoms with Crippen molar-refractivity contribution in [3.63, 3.8) is 0 Å².